The van der Waals surface area contributed by atoms with Crippen LogP contribution in [0.2, 0.25) is 0 Å². The van der Waals surface area contributed by atoms with Crippen LogP contribution in [0.3, 0.4) is 0 Å². The number of terminal acetylenes is 1. The second kappa shape index (κ2) is 25.1. The molecular formula is C27H50O2. The molecule has 0 saturated carbocycles. The minimum Gasteiger partial charge on any atom is -0.466 e. The van der Waals surface area contributed by atoms with E-state index in [0.29, 0.717) is 13.0 Å². The maximum Gasteiger partial charge on any atom is 0.305 e. The summed E-state index contributed by atoms with van der Waals surface area (Å²) >= 11 is 0. The van der Waals surface area contributed by atoms with Crippen LogP contribution in [0.1, 0.15) is 148 Å². The molecule has 0 saturated heterocycles. The van der Waals surface area contributed by atoms with Crippen LogP contribution in [0.15, 0.2) is 0 Å². The van der Waals surface area contributed by atoms with Crippen LogP contribution in [-0.4, -0.2) is 12.6 Å². The number of carbonyl (C=O) groups is 1. The first-order valence-corrected chi connectivity index (χ1v) is 12.9. The van der Waals surface area contributed by atoms with Crippen molar-refractivity contribution in [2.75, 3.05) is 6.61 Å². The molecule has 0 aromatic carbocycles. The SMILES string of the molecule is C#CCCCCCCCCC(=O)OCCCCCCCCCCCCCCCC. The highest BCUT2D eigenvalue weighted by atomic mass is 16.5. The fraction of sp³-hybridized carbons (Fsp3) is 0.889. The summed E-state index contributed by atoms with van der Waals surface area (Å²) in [5, 5.41) is 0. The van der Waals surface area contributed by atoms with Gasteiger partial charge in [-0.15, -0.1) is 12.3 Å². The van der Waals surface area contributed by atoms with Crippen LogP contribution in [0, 0.1) is 12.3 Å². The fourth-order valence-electron chi connectivity index (χ4n) is 3.76. The van der Waals surface area contributed by atoms with E-state index < -0.39 is 0 Å². The van der Waals surface area contributed by atoms with Crippen molar-refractivity contribution in [2.45, 2.75) is 148 Å². The molecule has 2 heteroatoms. The van der Waals surface area contributed by atoms with Crippen LogP contribution in [-0.2, 0) is 9.53 Å². The van der Waals surface area contributed by atoms with Crippen molar-refractivity contribution >= 4 is 5.97 Å². The average Bonchev–Trinajstić information content (AvgIpc) is 2.72. The summed E-state index contributed by atoms with van der Waals surface area (Å²) in [6, 6.07) is 0. The summed E-state index contributed by atoms with van der Waals surface area (Å²) in [4.78, 5) is 11.7. The van der Waals surface area contributed by atoms with Gasteiger partial charge in [0.05, 0.1) is 6.61 Å². The molecule has 0 atom stereocenters. The Hall–Kier alpha value is -0.970. The number of esters is 1. The highest BCUT2D eigenvalue weighted by Crippen LogP contribution is 2.13. The molecule has 0 unspecified atom stereocenters. The standard InChI is InChI=1S/C27H50O2/c1-3-5-7-9-11-13-14-15-16-17-18-20-22-24-26-29-27(28)25-23-21-19-12-10-8-6-4-2/h2H,3,5-26H2,1H3. The maximum absolute atomic E-state index is 11.7. The summed E-state index contributed by atoms with van der Waals surface area (Å²) in [5.74, 6) is 2.67. The number of hydrogen-bond donors (Lipinski definition) is 0. The molecule has 0 heterocycles. The number of hydrogen-bond acceptors (Lipinski definition) is 2. The normalized spacial score (nSPS) is 10.8. The first-order chi connectivity index (χ1) is 14.3. The largest absolute Gasteiger partial charge is 0.466 e. The second-order valence-electron chi connectivity index (χ2n) is 8.64. The van der Waals surface area contributed by atoms with Gasteiger partial charge in [-0.1, -0.05) is 116 Å². The molecular weight excluding hydrogens is 356 g/mol. The van der Waals surface area contributed by atoms with Crippen LogP contribution in [0.4, 0.5) is 0 Å². The minimum absolute atomic E-state index is 0.00738. The van der Waals surface area contributed by atoms with Crippen molar-refractivity contribution in [3.8, 4) is 12.3 Å². The molecule has 0 radical (unpaired) electrons. The third-order valence-electron chi connectivity index (χ3n) is 5.71. The monoisotopic (exact) mass is 406 g/mol. The number of carbonyl (C=O) groups excluding carboxylic acids is 1. The molecule has 0 aromatic rings. The van der Waals surface area contributed by atoms with E-state index >= 15 is 0 Å². The zero-order valence-corrected chi connectivity index (χ0v) is 19.7. The maximum atomic E-state index is 11.7. The van der Waals surface area contributed by atoms with Crippen LogP contribution >= 0.6 is 0 Å². The van der Waals surface area contributed by atoms with Gasteiger partial charge in [-0.3, -0.25) is 4.79 Å². The van der Waals surface area contributed by atoms with E-state index in [9.17, 15) is 4.79 Å². The number of unbranched alkanes of at least 4 members (excludes halogenated alkanes) is 19. The zero-order valence-electron chi connectivity index (χ0n) is 19.7. The van der Waals surface area contributed by atoms with E-state index in [0.717, 1.165) is 32.1 Å². The van der Waals surface area contributed by atoms with Crippen LogP contribution < -0.4 is 0 Å². The van der Waals surface area contributed by atoms with Crippen molar-refractivity contribution in [1.29, 1.82) is 0 Å². The molecule has 0 amide bonds. The van der Waals surface area contributed by atoms with Crippen molar-refractivity contribution in [3.63, 3.8) is 0 Å². The van der Waals surface area contributed by atoms with Gasteiger partial charge < -0.3 is 4.74 Å². The lowest BCUT2D eigenvalue weighted by atomic mass is 10.0. The van der Waals surface area contributed by atoms with Crippen LogP contribution in [0.5, 0.6) is 0 Å². The Morgan fingerprint density at radius 2 is 1.03 bits per heavy atom. The van der Waals surface area contributed by atoms with Gasteiger partial charge in [0.2, 0.25) is 0 Å². The summed E-state index contributed by atoms with van der Waals surface area (Å²) < 4.78 is 5.35. The Morgan fingerprint density at radius 3 is 1.52 bits per heavy atom. The lowest BCUT2D eigenvalue weighted by Gasteiger charge is -2.05. The molecule has 0 rings (SSSR count). The quantitative estimate of drug-likeness (QED) is 0.0962. The third kappa shape index (κ3) is 25.0. The highest BCUT2D eigenvalue weighted by Gasteiger charge is 2.02. The Kier molecular flexibility index (Phi) is 24.2. The zero-order chi connectivity index (χ0) is 21.3. The highest BCUT2D eigenvalue weighted by molar-refractivity contribution is 5.69. The van der Waals surface area contributed by atoms with E-state index in [-0.39, 0.29) is 5.97 Å². The van der Waals surface area contributed by atoms with E-state index in [1.54, 1.807) is 0 Å². The predicted octanol–water partition coefficient (Wildman–Crippen LogP) is 8.76. The molecule has 0 aliphatic heterocycles. The third-order valence-corrected chi connectivity index (χ3v) is 5.71. The van der Waals surface area contributed by atoms with Gasteiger partial charge in [0.25, 0.3) is 0 Å². The summed E-state index contributed by atoms with van der Waals surface area (Å²) in [6.07, 6.45) is 32.5. The predicted molar refractivity (Wildman–Crippen MR) is 127 cm³/mol. The lowest BCUT2D eigenvalue weighted by Crippen LogP contribution is -2.05. The molecule has 29 heavy (non-hydrogen) atoms. The molecule has 0 fully saturated rings. The fourth-order valence-corrected chi connectivity index (χ4v) is 3.76. The molecule has 0 spiro atoms. The van der Waals surface area contributed by atoms with Crippen molar-refractivity contribution in [1.82, 2.24) is 0 Å². The molecule has 0 N–H and O–H groups in total. The molecule has 0 aliphatic carbocycles. The Balaban J connectivity index is 3.13. The molecule has 0 aliphatic rings. The van der Waals surface area contributed by atoms with Gasteiger partial charge in [-0.2, -0.15) is 0 Å². The van der Waals surface area contributed by atoms with Gasteiger partial charge in [-0.25, -0.2) is 0 Å². The topological polar surface area (TPSA) is 26.3 Å². The van der Waals surface area contributed by atoms with Gasteiger partial charge in [-0.05, 0) is 19.3 Å². The Labute approximate surface area is 183 Å². The van der Waals surface area contributed by atoms with Gasteiger partial charge in [0.1, 0.15) is 0 Å². The molecule has 0 bridgehead atoms. The minimum atomic E-state index is -0.00738. The molecule has 0 aromatic heterocycles. The van der Waals surface area contributed by atoms with Crippen molar-refractivity contribution in [2.24, 2.45) is 0 Å². The summed E-state index contributed by atoms with van der Waals surface area (Å²) in [5.41, 5.74) is 0. The molecule has 170 valence electrons. The van der Waals surface area contributed by atoms with E-state index in [1.165, 1.54) is 103 Å². The lowest BCUT2D eigenvalue weighted by molar-refractivity contribution is -0.143. The Morgan fingerprint density at radius 1 is 0.621 bits per heavy atom. The van der Waals surface area contributed by atoms with E-state index in [4.69, 9.17) is 11.2 Å². The second-order valence-corrected chi connectivity index (χ2v) is 8.64. The smallest absolute Gasteiger partial charge is 0.305 e. The van der Waals surface area contributed by atoms with Gasteiger partial charge in [0, 0.05) is 12.8 Å². The summed E-state index contributed by atoms with van der Waals surface area (Å²) in [7, 11) is 0. The number of ether oxygens (including phenoxy) is 1. The molecule has 2 nitrogen and oxygen atoms in total. The van der Waals surface area contributed by atoms with Crippen molar-refractivity contribution in [3.05, 3.63) is 0 Å². The Bertz CT molecular complexity index is 369. The van der Waals surface area contributed by atoms with Gasteiger partial charge in [0.15, 0.2) is 0 Å². The van der Waals surface area contributed by atoms with E-state index in [1.807, 2.05) is 0 Å². The summed E-state index contributed by atoms with van der Waals surface area (Å²) in [6.45, 7) is 2.89. The first kappa shape index (κ1) is 28.0. The van der Waals surface area contributed by atoms with E-state index in [2.05, 4.69) is 12.8 Å². The number of rotatable bonds is 23. The van der Waals surface area contributed by atoms with Gasteiger partial charge >= 0.3 is 5.97 Å². The first-order valence-electron chi connectivity index (χ1n) is 12.9. The van der Waals surface area contributed by atoms with Crippen molar-refractivity contribution < 1.29 is 9.53 Å². The van der Waals surface area contributed by atoms with Crippen LogP contribution in [0.25, 0.3) is 0 Å². The average molecular weight is 407 g/mol.